The number of cyclic esters (lactones) is 1. The van der Waals surface area contributed by atoms with Crippen LogP contribution in [-0.4, -0.2) is 48.4 Å². The molecule has 0 spiro atoms. The third-order valence-corrected chi connectivity index (χ3v) is 6.48. The van der Waals surface area contributed by atoms with E-state index in [0.29, 0.717) is 25.7 Å². The average molecular weight is 428 g/mol. The molecule has 1 saturated heterocycles. The van der Waals surface area contributed by atoms with Gasteiger partial charge in [0.05, 0.1) is 18.2 Å². The molecule has 4 atom stereocenters. The molecule has 8 nitrogen and oxygen atoms in total. The number of para-hydroxylation sites is 1. The second-order valence-electron chi connectivity index (χ2n) is 8.82. The fraction of sp³-hybridized carbons (Fsp3) is 0.565. The number of esters is 1. The molecule has 0 aromatic heterocycles. The second-order valence-corrected chi connectivity index (χ2v) is 8.82. The summed E-state index contributed by atoms with van der Waals surface area (Å²) in [6.45, 7) is 4.19. The largest absolute Gasteiger partial charge is 0.463 e. The highest BCUT2D eigenvalue weighted by molar-refractivity contribution is 6.07. The van der Waals surface area contributed by atoms with E-state index in [1.54, 1.807) is 4.90 Å². The minimum Gasteiger partial charge on any atom is -0.463 e. The van der Waals surface area contributed by atoms with E-state index in [2.05, 4.69) is 10.6 Å². The minimum absolute atomic E-state index is 0.138. The molecule has 8 heteroatoms. The summed E-state index contributed by atoms with van der Waals surface area (Å²) in [5.41, 5.74) is 2.76. The van der Waals surface area contributed by atoms with Gasteiger partial charge in [0.25, 0.3) is 0 Å². The van der Waals surface area contributed by atoms with Crippen molar-refractivity contribution < 1.29 is 23.9 Å². The summed E-state index contributed by atoms with van der Waals surface area (Å²) in [6.07, 6.45) is 2.96. The van der Waals surface area contributed by atoms with Gasteiger partial charge in [0.15, 0.2) is 0 Å². The van der Waals surface area contributed by atoms with Crippen LogP contribution in [0.25, 0.3) is 0 Å². The van der Waals surface area contributed by atoms with Crippen LogP contribution < -0.4 is 15.5 Å². The van der Waals surface area contributed by atoms with Crippen molar-refractivity contribution in [2.45, 2.75) is 70.5 Å². The van der Waals surface area contributed by atoms with Gasteiger partial charge in [-0.05, 0) is 29.9 Å². The van der Waals surface area contributed by atoms with Crippen molar-refractivity contribution in [3.8, 4) is 0 Å². The molecule has 3 aliphatic heterocycles. The molecule has 1 fully saturated rings. The minimum atomic E-state index is -0.702. The van der Waals surface area contributed by atoms with Crippen LogP contribution in [0.5, 0.6) is 0 Å². The Balaban J connectivity index is 1.55. The Bertz CT molecular complexity index is 914. The van der Waals surface area contributed by atoms with Crippen LogP contribution in [0.2, 0.25) is 0 Å². The summed E-state index contributed by atoms with van der Waals surface area (Å²) in [5, 5.41) is 5.77. The van der Waals surface area contributed by atoms with E-state index in [0.717, 1.165) is 23.2 Å². The SMILES string of the molecule is CCC(C)CC(=O)NC1CCc2cccc3c2N(C1=O)C(C(=O)NC1COC(=O)C1)C3. The lowest BCUT2D eigenvalue weighted by molar-refractivity contribution is -0.138. The molecule has 0 radical (unpaired) electrons. The van der Waals surface area contributed by atoms with Crippen LogP contribution in [0.4, 0.5) is 5.69 Å². The number of carbonyl (C=O) groups is 4. The lowest BCUT2D eigenvalue weighted by atomic mass is 10.0. The van der Waals surface area contributed by atoms with E-state index < -0.39 is 12.1 Å². The molecular formula is C23H29N3O5. The lowest BCUT2D eigenvalue weighted by Crippen LogP contribution is -2.55. The molecule has 31 heavy (non-hydrogen) atoms. The van der Waals surface area contributed by atoms with Crippen molar-refractivity contribution in [2.75, 3.05) is 11.5 Å². The molecule has 3 heterocycles. The first kappa shape index (κ1) is 21.3. The van der Waals surface area contributed by atoms with Crippen LogP contribution in [0.15, 0.2) is 18.2 Å². The molecule has 166 valence electrons. The van der Waals surface area contributed by atoms with Gasteiger partial charge < -0.3 is 15.4 Å². The van der Waals surface area contributed by atoms with Crippen molar-refractivity contribution >= 4 is 29.4 Å². The summed E-state index contributed by atoms with van der Waals surface area (Å²) in [5.74, 6) is -0.783. The molecule has 4 rings (SSSR count). The Morgan fingerprint density at radius 2 is 1.97 bits per heavy atom. The molecular weight excluding hydrogens is 398 g/mol. The fourth-order valence-electron chi connectivity index (χ4n) is 4.59. The summed E-state index contributed by atoms with van der Waals surface area (Å²) in [6, 6.07) is 4.12. The van der Waals surface area contributed by atoms with E-state index in [1.807, 2.05) is 32.0 Å². The van der Waals surface area contributed by atoms with Crippen LogP contribution >= 0.6 is 0 Å². The lowest BCUT2D eigenvalue weighted by Gasteiger charge is -2.28. The highest BCUT2D eigenvalue weighted by atomic mass is 16.5. The zero-order chi connectivity index (χ0) is 22.1. The van der Waals surface area contributed by atoms with Gasteiger partial charge in [0.1, 0.15) is 18.7 Å². The van der Waals surface area contributed by atoms with Gasteiger partial charge >= 0.3 is 5.97 Å². The van der Waals surface area contributed by atoms with Gasteiger partial charge in [0.2, 0.25) is 17.7 Å². The van der Waals surface area contributed by atoms with Gasteiger partial charge in [-0.2, -0.15) is 0 Å². The first-order chi connectivity index (χ1) is 14.9. The van der Waals surface area contributed by atoms with Gasteiger partial charge in [0, 0.05) is 12.8 Å². The van der Waals surface area contributed by atoms with Crippen molar-refractivity contribution in [3.63, 3.8) is 0 Å². The van der Waals surface area contributed by atoms with E-state index in [9.17, 15) is 19.2 Å². The molecule has 0 aliphatic carbocycles. The molecule has 1 aromatic rings. The number of amides is 3. The summed E-state index contributed by atoms with van der Waals surface area (Å²) < 4.78 is 4.94. The Morgan fingerprint density at radius 1 is 1.19 bits per heavy atom. The van der Waals surface area contributed by atoms with E-state index in [-0.39, 0.29) is 48.7 Å². The normalized spacial score (nSPS) is 25.5. The van der Waals surface area contributed by atoms with Crippen molar-refractivity contribution in [3.05, 3.63) is 29.3 Å². The van der Waals surface area contributed by atoms with Gasteiger partial charge in [-0.15, -0.1) is 0 Å². The molecule has 2 N–H and O–H groups in total. The van der Waals surface area contributed by atoms with E-state index >= 15 is 0 Å². The van der Waals surface area contributed by atoms with Crippen LogP contribution in [0, 0.1) is 5.92 Å². The Kier molecular flexibility index (Phi) is 5.98. The summed E-state index contributed by atoms with van der Waals surface area (Å²) in [7, 11) is 0. The number of rotatable bonds is 6. The number of hydrogen-bond donors (Lipinski definition) is 2. The number of hydrogen-bond acceptors (Lipinski definition) is 5. The zero-order valence-electron chi connectivity index (χ0n) is 18.0. The van der Waals surface area contributed by atoms with Crippen LogP contribution in [0.3, 0.4) is 0 Å². The average Bonchev–Trinajstić information content (AvgIpc) is 3.30. The Morgan fingerprint density at radius 3 is 2.68 bits per heavy atom. The maximum Gasteiger partial charge on any atom is 0.308 e. The molecule has 0 saturated carbocycles. The predicted molar refractivity (Wildman–Crippen MR) is 113 cm³/mol. The molecule has 3 amide bonds. The first-order valence-corrected chi connectivity index (χ1v) is 11.1. The van der Waals surface area contributed by atoms with Crippen molar-refractivity contribution in [2.24, 2.45) is 5.92 Å². The van der Waals surface area contributed by atoms with E-state index in [4.69, 9.17) is 4.74 Å². The number of aryl methyl sites for hydroxylation is 1. The molecule has 3 aliphatic rings. The highest BCUT2D eigenvalue weighted by Crippen LogP contribution is 2.39. The van der Waals surface area contributed by atoms with Crippen LogP contribution in [0.1, 0.15) is 50.7 Å². The monoisotopic (exact) mass is 427 g/mol. The number of nitrogens with one attached hydrogen (secondary N) is 2. The fourth-order valence-corrected chi connectivity index (χ4v) is 4.59. The van der Waals surface area contributed by atoms with Crippen molar-refractivity contribution in [1.29, 1.82) is 0 Å². The third-order valence-electron chi connectivity index (χ3n) is 6.48. The van der Waals surface area contributed by atoms with Gasteiger partial charge in [-0.1, -0.05) is 38.5 Å². The zero-order valence-corrected chi connectivity index (χ0v) is 18.0. The van der Waals surface area contributed by atoms with Gasteiger partial charge in [-0.3, -0.25) is 24.1 Å². The Hall–Kier alpha value is -2.90. The van der Waals surface area contributed by atoms with E-state index in [1.165, 1.54) is 0 Å². The summed E-state index contributed by atoms with van der Waals surface area (Å²) >= 11 is 0. The highest BCUT2D eigenvalue weighted by Gasteiger charge is 2.44. The molecule has 1 aromatic carbocycles. The molecule has 4 unspecified atom stereocenters. The smallest absolute Gasteiger partial charge is 0.308 e. The summed E-state index contributed by atoms with van der Waals surface area (Å²) in [4.78, 5) is 52.0. The Labute approximate surface area is 181 Å². The number of benzene rings is 1. The number of nitrogens with zero attached hydrogens (tertiary/aromatic N) is 1. The number of ether oxygens (including phenoxy) is 1. The predicted octanol–water partition coefficient (Wildman–Crippen LogP) is 1.24. The van der Waals surface area contributed by atoms with Crippen LogP contribution in [-0.2, 0) is 36.8 Å². The molecule has 0 bridgehead atoms. The topological polar surface area (TPSA) is 105 Å². The van der Waals surface area contributed by atoms with Crippen molar-refractivity contribution in [1.82, 2.24) is 10.6 Å². The third kappa shape index (κ3) is 4.29. The number of anilines is 1. The number of carbonyl (C=O) groups excluding carboxylic acids is 4. The standard InChI is InChI=1S/C23H29N3O5/c1-3-13(2)9-19(27)25-17-8-7-14-5-4-6-15-10-18(26(21(14)15)23(17)30)22(29)24-16-11-20(28)31-12-16/h4-6,13,16-18H,3,7-12H2,1-2H3,(H,24,29)(H,25,27). The maximum absolute atomic E-state index is 13.5. The van der Waals surface area contributed by atoms with Gasteiger partial charge in [-0.25, -0.2) is 0 Å². The quantitative estimate of drug-likeness (QED) is 0.665. The first-order valence-electron chi connectivity index (χ1n) is 11.1. The second kappa shape index (κ2) is 8.69. The maximum atomic E-state index is 13.5.